The van der Waals surface area contributed by atoms with Gasteiger partial charge in [-0.3, -0.25) is 13.7 Å². The minimum absolute atomic E-state index is 0.0762. The average molecular weight is 502 g/mol. The lowest BCUT2D eigenvalue weighted by atomic mass is 9.93. The summed E-state index contributed by atoms with van der Waals surface area (Å²) < 4.78 is 46.6. The first kappa shape index (κ1) is 23.0. The number of benzene rings is 1. The highest BCUT2D eigenvalue weighted by molar-refractivity contribution is 5.86. The summed E-state index contributed by atoms with van der Waals surface area (Å²) in [6.45, 7) is 0.152. The van der Waals surface area contributed by atoms with Crippen LogP contribution in [0.25, 0.3) is 28.1 Å². The van der Waals surface area contributed by atoms with Crippen molar-refractivity contribution in [1.29, 1.82) is 0 Å². The predicted octanol–water partition coefficient (Wildman–Crippen LogP) is 3.32. The summed E-state index contributed by atoms with van der Waals surface area (Å²) >= 11 is 0. The summed E-state index contributed by atoms with van der Waals surface area (Å²) in [5, 5.41) is 9.98. The molecule has 2 fully saturated rings. The molecule has 0 spiro atoms. The number of anilines is 1. The van der Waals surface area contributed by atoms with Gasteiger partial charge in [-0.05, 0) is 37.8 Å². The summed E-state index contributed by atoms with van der Waals surface area (Å²) in [7, 11) is 1.63. The van der Waals surface area contributed by atoms with Crippen molar-refractivity contribution >= 4 is 28.0 Å². The zero-order chi connectivity index (χ0) is 25.2. The van der Waals surface area contributed by atoms with Gasteiger partial charge in [0.1, 0.15) is 17.7 Å². The van der Waals surface area contributed by atoms with Gasteiger partial charge in [-0.2, -0.15) is 9.97 Å². The van der Waals surface area contributed by atoms with Crippen molar-refractivity contribution in [2.75, 3.05) is 18.0 Å². The monoisotopic (exact) mass is 501 g/mol. The largest absolute Gasteiger partial charge is 0.393 e. The summed E-state index contributed by atoms with van der Waals surface area (Å²) in [6, 6.07) is 4.04. The number of aryl methyl sites for hydroxylation is 1. The van der Waals surface area contributed by atoms with E-state index in [9.17, 15) is 23.1 Å². The van der Waals surface area contributed by atoms with Gasteiger partial charge in [0.05, 0.1) is 17.1 Å². The zero-order valence-electron chi connectivity index (χ0n) is 19.7. The summed E-state index contributed by atoms with van der Waals surface area (Å²) in [4.78, 5) is 29.0. The number of nitrogens with zero attached hydrogens (tertiary/aromatic N) is 7. The Labute approximate surface area is 203 Å². The number of halogens is 3. The SMILES string of the molecule is Cn1c(=O)n(C2CCC(O)CC2)c2nc(-n3cnc4ccc(F)cc43)nc(N3CCC(F)(F)CC3)c21. The van der Waals surface area contributed by atoms with Crippen LogP contribution in [0.2, 0.25) is 0 Å². The Hall–Kier alpha value is -3.41. The van der Waals surface area contributed by atoms with Crippen molar-refractivity contribution in [2.24, 2.45) is 7.05 Å². The van der Waals surface area contributed by atoms with Crippen molar-refractivity contribution in [3.63, 3.8) is 0 Å². The molecule has 4 heterocycles. The zero-order valence-corrected chi connectivity index (χ0v) is 19.7. The van der Waals surface area contributed by atoms with E-state index in [1.807, 2.05) is 0 Å². The molecule has 36 heavy (non-hydrogen) atoms. The third kappa shape index (κ3) is 3.74. The Morgan fingerprint density at radius 3 is 2.53 bits per heavy atom. The van der Waals surface area contributed by atoms with E-state index < -0.39 is 17.8 Å². The Kier molecular flexibility index (Phi) is 5.32. The number of aliphatic hydroxyl groups excluding tert-OH is 1. The Bertz CT molecular complexity index is 1510. The lowest BCUT2D eigenvalue weighted by molar-refractivity contribution is -0.0221. The van der Waals surface area contributed by atoms with Crippen molar-refractivity contribution < 1.29 is 18.3 Å². The van der Waals surface area contributed by atoms with E-state index in [0.29, 0.717) is 53.7 Å². The number of rotatable bonds is 3. The molecule has 4 aromatic rings. The van der Waals surface area contributed by atoms with E-state index in [2.05, 4.69) is 4.98 Å². The van der Waals surface area contributed by atoms with Gasteiger partial charge in [-0.15, -0.1) is 0 Å². The second-order valence-corrected chi connectivity index (χ2v) is 9.78. The highest BCUT2D eigenvalue weighted by atomic mass is 19.3. The van der Waals surface area contributed by atoms with E-state index in [0.717, 1.165) is 0 Å². The summed E-state index contributed by atoms with van der Waals surface area (Å²) in [5.74, 6) is -2.62. The number of imidazole rings is 2. The number of aromatic nitrogens is 6. The van der Waals surface area contributed by atoms with E-state index in [1.54, 1.807) is 27.1 Å². The molecule has 1 aliphatic heterocycles. The molecule has 0 bridgehead atoms. The first-order chi connectivity index (χ1) is 17.2. The maximum absolute atomic E-state index is 14.1. The van der Waals surface area contributed by atoms with Crippen LogP contribution >= 0.6 is 0 Å². The molecule has 190 valence electrons. The topological polar surface area (TPSA) is 94.0 Å². The third-order valence-electron chi connectivity index (χ3n) is 7.44. The molecule has 0 atom stereocenters. The second-order valence-electron chi connectivity index (χ2n) is 9.78. The first-order valence-corrected chi connectivity index (χ1v) is 12.1. The van der Waals surface area contributed by atoms with Crippen LogP contribution in [0.3, 0.4) is 0 Å². The van der Waals surface area contributed by atoms with Crippen LogP contribution in [-0.4, -0.2) is 58.9 Å². The molecule has 1 aromatic carbocycles. The number of alkyl halides is 2. The van der Waals surface area contributed by atoms with Gasteiger partial charge in [-0.1, -0.05) is 0 Å². The Morgan fingerprint density at radius 1 is 1.08 bits per heavy atom. The highest BCUT2D eigenvalue weighted by Crippen LogP contribution is 2.35. The van der Waals surface area contributed by atoms with Gasteiger partial charge in [0, 0.05) is 45.1 Å². The van der Waals surface area contributed by atoms with Gasteiger partial charge in [0.15, 0.2) is 11.5 Å². The lowest BCUT2D eigenvalue weighted by Gasteiger charge is -2.33. The molecule has 1 saturated heterocycles. The van der Waals surface area contributed by atoms with Gasteiger partial charge >= 0.3 is 5.69 Å². The van der Waals surface area contributed by atoms with Crippen LogP contribution < -0.4 is 10.6 Å². The molecule has 2 aliphatic rings. The fourth-order valence-electron chi connectivity index (χ4n) is 5.40. The minimum Gasteiger partial charge on any atom is -0.393 e. The molecular formula is C24H26F3N7O2. The number of aliphatic hydroxyl groups is 1. The fourth-order valence-corrected chi connectivity index (χ4v) is 5.40. The molecule has 0 unspecified atom stereocenters. The van der Waals surface area contributed by atoms with Crippen LogP contribution in [0.5, 0.6) is 0 Å². The quantitative estimate of drug-likeness (QED) is 0.463. The maximum Gasteiger partial charge on any atom is 0.330 e. The normalized spacial score (nSPS) is 22.5. The van der Waals surface area contributed by atoms with Gasteiger partial charge in [0.2, 0.25) is 5.95 Å². The van der Waals surface area contributed by atoms with Crippen molar-refractivity contribution in [1.82, 2.24) is 28.7 Å². The highest BCUT2D eigenvalue weighted by Gasteiger charge is 2.36. The fraction of sp³-hybridized carbons (Fsp3) is 0.500. The van der Waals surface area contributed by atoms with Gasteiger partial charge < -0.3 is 10.0 Å². The molecule has 1 N–H and O–H groups in total. The van der Waals surface area contributed by atoms with E-state index >= 15 is 0 Å². The van der Waals surface area contributed by atoms with E-state index in [1.165, 1.54) is 23.0 Å². The number of hydrogen-bond acceptors (Lipinski definition) is 6. The molecule has 9 nitrogen and oxygen atoms in total. The van der Waals surface area contributed by atoms with Crippen LogP contribution in [0.1, 0.15) is 44.6 Å². The van der Waals surface area contributed by atoms with Gasteiger partial charge in [0.25, 0.3) is 5.92 Å². The van der Waals surface area contributed by atoms with E-state index in [-0.39, 0.29) is 43.6 Å². The third-order valence-corrected chi connectivity index (χ3v) is 7.44. The molecule has 6 rings (SSSR count). The molecule has 1 saturated carbocycles. The predicted molar refractivity (Wildman–Crippen MR) is 127 cm³/mol. The number of piperidine rings is 1. The molecule has 0 amide bonds. The summed E-state index contributed by atoms with van der Waals surface area (Å²) in [6.07, 6.45) is 2.84. The Balaban J connectivity index is 1.58. The number of fused-ring (bicyclic) bond motifs is 2. The van der Waals surface area contributed by atoms with Crippen LogP contribution in [0, 0.1) is 5.82 Å². The molecule has 1 aliphatic carbocycles. The van der Waals surface area contributed by atoms with Crippen molar-refractivity contribution in [2.45, 2.75) is 56.6 Å². The van der Waals surface area contributed by atoms with Crippen LogP contribution in [-0.2, 0) is 7.05 Å². The standard InChI is InChI=1S/C24H26F3N7O2/c1-31-19-20(32-10-8-24(26,27)9-11-32)29-22(33-13-28-17-7-2-14(25)12-18(17)33)30-21(19)34(23(31)36)15-3-5-16(35)6-4-15/h2,7,12-13,15-16,35H,3-6,8-11H2,1H3. The van der Waals surface area contributed by atoms with Crippen LogP contribution in [0.4, 0.5) is 19.0 Å². The molecule has 3 aromatic heterocycles. The summed E-state index contributed by atoms with van der Waals surface area (Å²) in [5.41, 5.74) is 1.58. The molecule has 0 radical (unpaired) electrons. The minimum atomic E-state index is -2.75. The van der Waals surface area contributed by atoms with Gasteiger partial charge in [-0.25, -0.2) is 22.9 Å². The van der Waals surface area contributed by atoms with Crippen molar-refractivity contribution in [3.8, 4) is 5.95 Å². The number of hydrogen-bond donors (Lipinski definition) is 1. The Morgan fingerprint density at radius 2 is 1.81 bits per heavy atom. The average Bonchev–Trinajstić information content (AvgIpc) is 3.37. The van der Waals surface area contributed by atoms with Crippen LogP contribution in [0.15, 0.2) is 29.3 Å². The lowest BCUT2D eigenvalue weighted by Crippen LogP contribution is -2.40. The smallest absolute Gasteiger partial charge is 0.330 e. The molecule has 12 heteroatoms. The molecular weight excluding hydrogens is 475 g/mol. The second kappa shape index (κ2) is 8.32. The first-order valence-electron chi connectivity index (χ1n) is 12.1. The van der Waals surface area contributed by atoms with E-state index in [4.69, 9.17) is 9.97 Å². The maximum atomic E-state index is 14.1. The van der Waals surface area contributed by atoms with Crippen molar-refractivity contribution in [3.05, 3.63) is 40.8 Å².